The van der Waals surface area contributed by atoms with Gasteiger partial charge in [-0.3, -0.25) is 9.78 Å². The van der Waals surface area contributed by atoms with Crippen LogP contribution in [0.1, 0.15) is 18.6 Å². The molecule has 7 heteroatoms. The summed E-state index contributed by atoms with van der Waals surface area (Å²) in [5, 5.41) is 0. The highest BCUT2D eigenvalue weighted by Gasteiger charge is 2.24. The van der Waals surface area contributed by atoms with Crippen LogP contribution in [0.15, 0.2) is 45.9 Å². The summed E-state index contributed by atoms with van der Waals surface area (Å²) in [6, 6.07) is 6.56. The van der Waals surface area contributed by atoms with Gasteiger partial charge in [-0.1, -0.05) is 0 Å². The quantitative estimate of drug-likeness (QED) is 0.822. The molecule has 0 radical (unpaired) electrons. The number of rotatable bonds is 5. The number of amides is 1. The molecule has 2 aromatic rings. The molecule has 0 unspecified atom stereocenters. The molecule has 0 aromatic carbocycles. The van der Waals surface area contributed by atoms with Crippen molar-refractivity contribution in [3.8, 4) is 11.5 Å². The summed E-state index contributed by atoms with van der Waals surface area (Å²) in [7, 11) is 0. The summed E-state index contributed by atoms with van der Waals surface area (Å²) < 4.78 is 16.2. The number of carbonyl (C=O) groups excluding carboxylic acids is 1. The molecule has 0 atom stereocenters. The first-order valence-electron chi connectivity index (χ1n) is 8.19. The molecule has 1 fully saturated rings. The Morgan fingerprint density at radius 3 is 2.80 bits per heavy atom. The van der Waals surface area contributed by atoms with E-state index in [0.29, 0.717) is 43.2 Å². The van der Waals surface area contributed by atoms with Crippen molar-refractivity contribution in [2.24, 2.45) is 0 Å². The highest BCUT2D eigenvalue weighted by atomic mass is 16.5. The molecule has 1 aliphatic rings. The largest absolute Gasteiger partial charge is 0.490 e. The van der Waals surface area contributed by atoms with E-state index in [9.17, 15) is 9.59 Å². The topological polar surface area (TPSA) is 81.9 Å². The summed E-state index contributed by atoms with van der Waals surface area (Å²) in [4.78, 5) is 29.3. The molecule has 0 spiro atoms. The maximum Gasteiger partial charge on any atom is 0.339 e. The van der Waals surface area contributed by atoms with Crippen LogP contribution in [0.25, 0.3) is 0 Å². The Balaban J connectivity index is 1.46. The predicted octanol–water partition coefficient (Wildman–Crippen LogP) is 1.79. The average molecular weight is 344 g/mol. The minimum atomic E-state index is -0.421. The fourth-order valence-electron chi connectivity index (χ4n) is 2.73. The Kier molecular flexibility index (Phi) is 5.33. The van der Waals surface area contributed by atoms with Crippen molar-refractivity contribution >= 4 is 5.91 Å². The maximum atomic E-state index is 12.2. The van der Waals surface area contributed by atoms with E-state index in [1.165, 1.54) is 6.07 Å². The number of pyridine rings is 1. The molecule has 0 aliphatic carbocycles. The highest BCUT2D eigenvalue weighted by molar-refractivity contribution is 5.77. The summed E-state index contributed by atoms with van der Waals surface area (Å²) in [5.41, 5.74) is -0.421. The standard InChI is InChI=1S/C18H20N2O5/c1-13-9-16(10-18(22)24-13)25-14-4-7-20(8-5-14)17(21)12-23-15-3-2-6-19-11-15/h2-3,6,9-11,14H,4-5,7-8,12H2,1H3. The van der Waals surface area contributed by atoms with Crippen LogP contribution in [0.4, 0.5) is 0 Å². The van der Waals surface area contributed by atoms with Crippen molar-refractivity contribution in [3.63, 3.8) is 0 Å². The SMILES string of the molecule is Cc1cc(OC2CCN(C(=O)COc3cccnc3)CC2)cc(=O)o1. The van der Waals surface area contributed by atoms with Crippen LogP contribution >= 0.6 is 0 Å². The van der Waals surface area contributed by atoms with Crippen molar-refractivity contribution in [3.05, 3.63) is 52.8 Å². The van der Waals surface area contributed by atoms with Crippen LogP contribution in [0, 0.1) is 6.92 Å². The number of carbonyl (C=O) groups is 1. The number of aromatic nitrogens is 1. The van der Waals surface area contributed by atoms with Gasteiger partial charge in [-0.2, -0.15) is 0 Å². The lowest BCUT2D eigenvalue weighted by molar-refractivity contribution is -0.135. The second kappa shape index (κ2) is 7.83. The molecule has 2 aromatic heterocycles. The van der Waals surface area contributed by atoms with Gasteiger partial charge in [0.15, 0.2) is 6.61 Å². The Morgan fingerprint density at radius 1 is 1.32 bits per heavy atom. The van der Waals surface area contributed by atoms with Gasteiger partial charge in [0.05, 0.1) is 12.3 Å². The van der Waals surface area contributed by atoms with Crippen molar-refractivity contribution in [1.82, 2.24) is 9.88 Å². The van der Waals surface area contributed by atoms with Gasteiger partial charge in [-0.25, -0.2) is 4.79 Å². The first kappa shape index (κ1) is 17.0. The molecular formula is C18H20N2O5. The number of hydrogen-bond acceptors (Lipinski definition) is 6. The number of ether oxygens (including phenoxy) is 2. The van der Waals surface area contributed by atoms with Crippen molar-refractivity contribution in [1.29, 1.82) is 0 Å². The smallest absolute Gasteiger partial charge is 0.339 e. The monoisotopic (exact) mass is 344 g/mol. The summed E-state index contributed by atoms with van der Waals surface area (Å²) >= 11 is 0. The Labute approximate surface area is 145 Å². The van der Waals surface area contributed by atoms with Gasteiger partial charge >= 0.3 is 5.63 Å². The molecule has 132 valence electrons. The van der Waals surface area contributed by atoms with E-state index in [1.54, 1.807) is 42.4 Å². The second-order valence-corrected chi connectivity index (χ2v) is 5.90. The first-order chi connectivity index (χ1) is 12.1. The predicted molar refractivity (Wildman–Crippen MR) is 89.7 cm³/mol. The van der Waals surface area contributed by atoms with Crippen molar-refractivity contribution in [2.45, 2.75) is 25.9 Å². The molecule has 3 rings (SSSR count). The lowest BCUT2D eigenvalue weighted by Crippen LogP contribution is -2.43. The molecule has 1 amide bonds. The molecule has 7 nitrogen and oxygen atoms in total. The minimum absolute atomic E-state index is 0.00383. The molecule has 0 saturated carbocycles. The minimum Gasteiger partial charge on any atom is -0.490 e. The van der Waals surface area contributed by atoms with Gasteiger partial charge < -0.3 is 18.8 Å². The number of likely N-dealkylation sites (tertiary alicyclic amines) is 1. The zero-order valence-electron chi connectivity index (χ0n) is 14.0. The maximum absolute atomic E-state index is 12.2. The van der Waals surface area contributed by atoms with Crippen LogP contribution in [0.5, 0.6) is 11.5 Å². The molecule has 3 heterocycles. The van der Waals surface area contributed by atoms with Crippen LogP contribution in [0.3, 0.4) is 0 Å². The summed E-state index contributed by atoms with van der Waals surface area (Å²) in [6.45, 7) is 2.90. The third-order valence-corrected chi connectivity index (χ3v) is 3.96. The lowest BCUT2D eigenvalue weighted by atomic mass is 10.1. The van der Waals surface area contributed by atoms with Gasteiger partial charge in [-0.05, 0) is 19.1 Å². The molecule has 25 heavy (non-hydrogen) atoms. The van der Waals surface area contributed by atoms with E-state index < -0.39 is 5.63 Å². The zero-order chi connectivity index (χ0) is 17.6. The van der Waals surface area contributed by atoms with Gasteiger partial charge in [0, 0.05) is 38.2 Å². The van der Waals surface area contributed by atoms with Gasteiger partial charge in [0.1, 0.15) is 23.4 Å². The van der Waals surface area contributed by atoms with Crippen molar-refractivity contribution < 1.29 is 18.7 Å². The normalized spacial score (nSPS) is 15.0. The van der Waals surface area contributed by atoms with E-state index in [0.717, 1.165) is 0 Å². The van der Waals surface area contributed by atoms with Crippen LogP contribution in [0.2, 0.25) is 0 Å². The summed E-state index contributed by atoms with van der Waals surface area (Å²) in [5.74, 6) is 1.55. The number of piperidine rings is 1. The van der Waals surface area contributed by atoms with E-state index in [-0.39, 0.29) is 18.6 Å². The van der Waals surface area contributed by atoms with Gasteiger partial charge in [0.2, 0.25) is 0 Å². The van der Waals surface area contributed by atoms with Crippen LogP contribution in [-0.2, 0) is 4.79 Å². The Hall–Kier alpha value is -2.83. The first-order valence-corrected chi connectivity index (χ1v) is 8.19. The number of aryl methyl sites for hydroxylation is 1. The number of nitrogens with zero attached hydrogens (tertiary/aromatic N) is 2. The molecular weight excluding hydrogens is 324 g/mol. The summed E-state index contributed by atoms with van der Waals surface area (Å²) in [6.07, 6.45) is 4.61. The zero-order valence-corrected chi connectivity index (χ0v) is 14.0. The molecule has 1 aliphatic heterocycles. The van der Waals surface area contributed by atoms with E-state index in [4.69, 9.17) is 13.9 Å². The highest BCUT2D eigenvalue weighted by Crippen LogP contribution is 2.19. The molecule has 1 saturated heterocycles. The van der Waals surface area contributed by atoms with E-state index >= 15 is 0 Å². The second-order valence-electron chi connectivity index (χ2n) is 5.90. The molecule has 0 bridgehead atoms. The fraction of sp³-hybridized carbons (Fsp3) is 0.389. The Morgan fingerprint density at radius 2 is 2.12 bits per heavy atom. The van der Waals surface area contributed by atoms with Crippen LogP contribution < -0.4 is 15.1 Å². The van der Waals surface area contributed by atoms with Gasteiger partial charge in [-0.15, -0.1) is 0 Å². The van der Waals surface area contributed by atoms with E-state index in [2.05, 4.69) is 4.98 Å². The average Bonchev–Trinajstić information content (AvgIpc) is 2.60. The molecule has 0 N–H and O–H groups in total. The Bertz CT molecular complexity index is 767. The number of hydrogen-bond donors (Lipinski definition) is 0. The third-order valence-electron chi connectivity index (χ3n) is 3.96. The third kappa shape index (κ3) is 4.82. The fourth-order valence-corrected chi connectivity index (χ4v) is 2.73. The van der Waals surface area contributed by atoms with Gasteiger partial charge in [0.25, 0.3) is 5.91 Å². The lowest BCUT2D eigenvalue weighted by Gasteiger charge is -2.32. The van der Waals surface area contributed by atoms with Crippen molar-refractivity contribution in [2.75, 3.05) is 19.7 Å². The van der Waals surface area contributed by atoms with Crippen LogP contribution in [-0.4, -0.2) is 41.6 Å². The van der Waals surface area contributed by atoms with E-state index in [1.807, 2.05) is 0 Å².